The molecule has 0 aliphatic rings. The van der Waals surface area contributed by atoms with Crippen molar-refractivity contribution < 1.29 is 22.7 Å². The fraction of sp³-hybridized carbons (Fsp3) is 0.107. The van der Waals surface area contributed by atoms with E-state index in [2.05, 4.69) is 17.9 Å². The number of hydrogen-bond donors (Lipinski definition) is 2. The first-order valence-corrected chi connectivity index (χ1v) is 13.7. The molecule has 0 spiro atoms. The number of carbonyl (C=O) groups is 1. The van der Waals surface area contributed by atoms with Crippen LogP contribution in [0.25, 0.3) is 22.1 Å². The summed E-state index contributed by atoms with van der Waals surface area (Å²) in [5.74, 6) is -0.299. The van der Waals surface area contributed by atoms with E-state index in [9.17, 15) is 18.3 Å². The molecule has 0 aliphatic heterocycles. The van der Waals surface area contributed by atoms with Gasteiger partial charge in [0.1, 0.15) is 5.58 Å². The maximum absolute atomic E-state index is 13.6. The summed E-state index contributed by atoms with van der Waals surface area (Å²) in [5, 5.41) is 11.6. The largest absolute Gasteiger partial charge is 0.452 e. The minimum absolute atomic E-state index is 0.0931. The van der Waals surface area contributed by atoms with Crippen LogP contribution in [0.15, 0.2) is 89.8 Å². The number of rotatable bonds is 11. The Bertz CT molecular complexity index is 1650. The van der Waals surface area contributed by atoms with Crippen molar-refractivity contribution in [3.63, 3.8) is 0 Å². The Kier molecular flexibility index (Phi) is 8.28. The zero-order chi connectivity index (χ0) is 27.4. The highest BCUT2D eigenvalue weighted by Gasteiger charge is 2.25. The van der Waals surface area contributed by atoms with Crippen molar-refractivity contribution in [2.45, 2.75) is 6.54 Å². The Balaban J connectivity index is 1.82. The van der Waals surface area contributed by atoms with Gasteiger partial charge in [-0.1, -0.05) is 60.6 Å². The van der Waals surface area contributed by atoms with Gasteiger partial charge in [-0.2, -0.15) is 0 Å². The van der Waals surface area contributed by atoms with E-state index in [1.54, 1.807) is 47.5 Å². The maximum Gasteiger partial charge on any atom is 0.254 e. The summed E-state index contributed by atoms with van der Waals surface area (Å²) >= 11 is 12.3. The van der Waals surface area contributed by atoms with E-state index in [1.807, 2.05) is 18.2 Å². The molecule has 38 heavy (non-hydrogen) atoms. The summed E-state index contributed by atoms with van der Waals surface area (Å²) in [6.45, 7) is 7.60. The first kappa shape index (κ1) is 27.5. The quantitative estimate of drug-likeness (QED) is 0.201. The van der Waals surface area contributed by atoms with Gasteiger partial charge in [0.25, 0.3) is 10.0 Å². The van der Waals surface area contributed by atoms with Gasteiger partial charge in [0, 0.05) is 45.7 Å². The van der Waals surface area contributed by atoms with E-state index in [0.29, 0.717) is 33.8 Å². The van der Waals surface area contributed by atoms with E-state index < -0.39 is 15.8 Å². The number of aliphatic hydroxyl groups is 1. The fourth-order valence-electron chi connectivity index (χ4n) is 4.00. The molecule has 10 heteroatoms. The molecule has 2 N–H and O–H groups in total. The molecule has 0 unspecified atom stereocenters. The lowest BCUT2D eigenvalue weighted by Gasteiger charge is -2.18. The monoisotopic (exact) mass is 570 g/mol. The van der Waals surface area contributed by atoms with Crippen molar-refractivity contribution in [2.24, 2.45) is 0 Å². The maximum atomic E-state index is 13.6. The molecule has 0 bridgehead atoms. The van der Waals surface area contributed by atoms with Crippen molar-refractivity contribution in [1.29, 1.82) is 0 Å². The van der Waals surface area contributed by atoms with E-state index >= 15 is 0 Å². The standard InChI is InChI=1S/C28H24Cl2N2O5S/c1-3-32(12-13-33)17-24-22-10-8-19(18-6-5-7-21(14-18)31-38(35,36)4-2)15-26(22)37-28(24)27(34)23-11-9-20(29)16-25(23)30/h3-11,14-16,31,33H,1-2,12-13,17H2. The van der Waals surface area contributed by atoms with Crippen LogP contribution in [-0.4, -0.2) is 37.4 Å². The molecule has 0 atom stereocenters. The van der Waals surface area contributed by atoms with Crippen LogP contribution < -0.4 is 4.72 Å². The normalized spacial score (nSPS) is 11.3. The van der Waals surface area contributed by atoms with E-state index in [1.165, 1.54) is 6.07 Å². The Labute approximate surface area is 230 Å². The first-order chi connectivity index (χ1) is 18.2. The Morgan fingerprint density at radius 3 is 2.50 bits per heavy atom. The van der Waals surface area contributed by atoms with Gasteiger partial charge in [-0.3, -0.25) is 9.52 Å². The van der Waals surface area contributed by atoms with Gasteiger partial charge < -0.3 is 14.4 Å². The Hall–Kier alpha value is -3.56. The lowest BCUT2D eigenvalue weighted by Crippen LogP contribution is -2.21. The highest BCUT2D eigenvalue weighted by atomic mass is 35.5. The number of nitrogens with zero attached hydrogens (tertiary/aromatic N) is 1. The molecule has 1 aromatic heterocycles. The smallest absolute Gasteiger partial charge is 0.254 e. The second-order valence-corrected chi connectivity index (χ2v) is 10.8. The molecule has 196 valence electrons. The highest BCUT2D eigenvalue weighted by molar-refractivity contribution is 7.95. The molecule has 7 nitrogen and oxygen atoms in total. The minimum Gasteiger partial charge on any atom is -0.452 e. The summed E-state index contributed by atoms with van der Waals surface area (Å²) in [5.41, 5.74) is 3.17. The molecule has 0 radical (unpaired) electrons. The molecule has 3 aromatic carbocycles. The number of fused-ring (bicyclic) bond motifs is 1. The average molecular weight is 571 g/mol. The number of benzene rings is 3. The van der Waals surface area contributed by atoms with Gasteiger partial charge in [0.2, 0.25) is 5.78 Å². The van der Waals surface area contributed by atoms with Crippen LogP contribution in [0.2, 0.25) is 10.0 Å². The van der Waals surface area contributed by atoms with Crippen LogP contribution in [0.3, 0.4) is 0 Å². The number of carbonyl (C=O) groups excluding carboxylic acids is 1. The lowest BCUT2D eigenvalue weighted by molar-refractivity contribution is 0.101. The van der Waals surface area contributed by atoms with Gasteiger partial charge >= 0.3 is 0 Å². The van der Waals surface area contributed by atoms with Crippen LogP contribution in [0.1, 0.15) is 21.7 Å². The van der Waals surface area contributed by atoms with Gasteiger partial charge in [-0.05, 0) is 53.7 Å². The molecule has 0 amide bonds. The summed E-state index contributed by atoms with van der Waals surface area (Å²) in [4.78, 5) is 15.3. The summed E-state index contributed by atoms with van der Waals surface area (Å²) in [7, 11) is -3.66. The van der Waals surface area contributed by atoms with Crippen LogP contribution in [0.4, 0.5) is 5.69 Å². The second kappa shape index (κ2) is 11.4. The number of furan rings is 1. The third kappa shape index (κ3) is 5.95. The number of halogens is 2. The van der Waals surface area contributed by atoms with E-state index in [-0.39, 0.29) is 29.5 Å². The van der Waals surface area contributed by atoms with Gasteiger partial charge in [-0.15, -0.1) is 0 Å². The van der Waals surface area contributed by atoms with Crippen molar-refractivity contribution in [1.82, 2.24) is 4.90 Å². The molecule has 0 aliphatic carbocycles. The number of aliphatic hydroxyl groups excluding tert-OH is 1. The lowest BCUT2D eigenvalue weighted by atomic mass is 10.0. The molecular weight excluding hydrogens is 547 g/mol. The zero-order valence-electron chi connectivity index (χ0n) is 20.2. The molecule has 0 saturated carbocycles. The third-order valence-electron chi connectivity index (χ3n) is 5.86. The molecule has 4 rings (SSSR count). The predicted molar refractivity (Wildman–Crippen MR) is 152 cm³/mol. The summed E-state index contributed by atoms with van der Waals surface area (Å²) in [6.07, 6.45) is 1.59. The summed E-state index contributed by atoms with van der Waals surface area (Å²) in [6, 6.07) is 17.0. The molecule has 0 saturated heterocycles. The average Bonchev–Trinajstić information content (AvgIpc) is 3.25. The number of sulfonamides is 1. The van der Waals surface area contributed by atoms with Crippen molar-refractivity contribution in [3.8, 4) is 11.1 Å². The zero-order valence-corrected chi connectivity index (χ0v) is 22.5. The Morgan fingerprint density at radius 2 is 1.82 bits per heavy atom. The van der Waals surface area contributed by atoms with Crippen molar-refractivity contribution >= 4 is 55.7 Å². The Morgan fingerprint density at radius 1 is 1.05 bits per heavy atom. The first-order valence-electron chi connectivity index (χ1n) is 11.4. The highest BCUT2D eigenvalue weighted by Crippen LogP contribution is 2.34. The van der Waals surface area contributed by atoms with Crippen molar-refractivity contribution in [3.05, 3.63) is 112 Å². The topological polar surface area (TPSA) is 99.8 Å². The molecule has 4 aromatic rings. The van der Waals surface area contributed by atoms with Gasteiger partial charge in [0.05, 0.1) is 11.6 Å². The van der Waals surface area contributed by atoms with Crippen LogP contribution in [-0.2, 0) is 16.6 Å². The van der Waals surface area contributed by atoms with E-state index in [4.69, 9.17) is 27.6 Å². The van der Waals surface area contributed by atoms with E-state index in [0.717, 1.165) is 16.5 Å². The number of ketones is 1. The number of anilines is 1. The van der Waals surface area contributed by atoms with Gasteiger partial charge in [0.15, 0.2) is 5.76 Å². The van der Waals surface area contributed by atoms with Crippen LogP contribution in [0.5, 0.6) is 0 Å². The fourth-order valence-corrected chi connectivity index (χ4v) is 5.03. The van der Waals surface area contributed by atoms with Gasteiger partial charge in [-0.25, -0.2) is 8.42 Å². The SMILES string of the molecule is C=CN(CCO)Cc1c(C(=O)c2ccc(Cl)cc2Cl)oc2cc(-c3cccc(NS(=O)(=O)C=C)c3)ccc12. The van der Waals surface area contributed by atoms with Crippen molar-refractivity contribution in [2.75, 3.05) is 17.9 Å². The number of hydrogen-bond acceptors (Lipinski definition) is 6. The molecule has 0 fully saturated rings. The third-order valence-corrected chi connectivity index (χ3v) is 7.36. The summed E-state index contributed by atoms with van der Waals surface area (Å²) < 4.78 is 32.4. The molecular formula is C28H24Cl2N2O5S. The van der Waals surface area contributed by atoms with Crippen LogP contribution in [0, 0.1) is 0 Å². The predicted octanol–water partition coefficient (Wildman–Crippen LogP) is 6.46. The number of nitrogens with one attached hydrogen (secondary N) is 1. The molecule has 1 heterocycles. The second-order valence-electron chi connectivity index (χ2n) is 8.35. The van der Waals surface area contributed by atoms with Crippen LogP contribution >= 0.6 is 23.2 Å². The minimum atomic E-state index is -3.66.